The normalized spacial score (nSPS) is 19.2. The van der Waals surface area contributed by atoms with Crippen LogP contribution in [0.1, 0.15) is 39.5 Å². The van der Waals surface area contributed by atoms with Crippen LogP contribution in [-0.4, -0.2) is 62.1 Å². The van der Waals surface area contributed by atoms with Gasteiger partial charge in [0.05, 0.1) is 6.61 Å². The smallest absolute Gasteiger partial charge is 0.305 e. The Hall–Kier alpha value is -1.14. The largest absolute Gasteiger partial charge is 0.466 e. The van der Waals surface area contributed by atoms with Crippen molar-refractivity contribution in [1.29, 1.82) is 0 Å². The fourth-order valence-electron chi connectivity index (χ4n) is 2.56. The summed E-state index contributed by atoms with van der Waals surface area (Å²) in [5, 5.41) is 6.16. The highest BCUT2D eigenvalue weighted by molar-refractivity contribution is 5.82. The van der Waals surface area contributed by atoms with E-state index in [4.69, 9.17) is 4.74 Å². The zero-order valence-electron chi connectivity index (χ0n) is 13.3. The Kier molecular flexibility index (Phi) is 9.01. The van der Waals surface area contributed by atoms with E-state index in [2.05, 4.69) is 15.5 Å². The summed E-state index contributed by atoms with van der Waals surface area (Å²) in [5.74, 6) is -0.00361. The number of likely N-dealkylation sites (N-methyl/N-ethyl adjacent to an activating group) is 1. The van der Waals surface area contributed by atoms with Gasteiger partial charge < -0.3 is 15.4 Å². The standard InChI is InChI=1S/C15H29N3O3/c1-3-17-15(20)13-12-16-9-11-18(13)10-7-5-6-8-14(19)21-4-2/h13,16H,3-12H2,1-2H3,(H,17,20). The van der Waals surface area contributed by atoms with E-state index in [1.807, 2.05) is 13.8 Å². The second kappa shape index (κ2) is 10.6. The van der Waals surface area contributed by atoms with Crippen LogP contribution in [0.25, 0.3) is 0 Å². The van der Waals surface area contributed by atoms with Crippen LogP contribution in [0.15, 0.2) is 0 Å². The predicted octanol–water partition coefficient (Wildman–Crippen LogP) is 0.520. The average Bonchev–Trinajstić information content (AvgIpc) is 2.48. The summed E-state index contributed by atoms with van der Waals surface area (Å²) in [4.78, 5) is 25.5. The van der Waals surface area contributed by atoms with Crippen LogP contribution in [0.3, 0.4) is 0 Å². The first-order chi connectivity index (χ1) is 10.2. The zero-order valence-corrected chi connectivity index (χ0v) is 13.3. The van der Waals surface area contributed by atoms with Gasteiger partial charge in [-0.1, -0.05) is 6.42 Å². The van der Waals surface area contributed by atoms with Crippen LogP contribution in [0.5, 0.6) is 0 Å². The van der Waals surface area contributed by atoms with Crippen LogP contribution in [0, 0.1) is 0 Å². The van der Waals surface area contributed by atoms with Crippen molar-refractivity contribution in [3.8, 4) is 0 Å². The third-order valence-corrected chi connectivity index (χ3v) is 3.64. The molecule has 1 aliphatic rings. The van der Waals surface area contributed by atoms with Crippen LogP contribution in [-0.2, 0) is 14.3 Å². The SMILES string of the molecule is CCNC(=O)C1CNCCN1CCCCCC(=O)OCC. The van der Waals surface area contributed by atoms with Gasteiger partial charge in [0.1, 0.15) is 6.04 Å². The van der Waals surface area contributed by atoms with Gasteiger partial charge >= 0.3 is 5.97 Å². The lowest BCUT2D eigenvalue weighted by atomic mass is 10.1. The highest BCUT2D eigenvalue weighted by Crippen LogP contribution is 2.08. The van der Waals surface area contributed by atoms with E-state index in [1.165, 1.54) is 0 Å². The summed E-state index contributed by atoms with van der Waals surface area (Å²) < 4.78 is 4.90. The first-order valence-electron chi connectivity index (χ1n) is 8.07. The molecule has 0 aliphatic carbocycles. The molecular formula is C15H29N3O3. The number of carbonyl (C=O) groups is 2. The number of hydrogen-bond donors (Lipinski definition) is 2. The number of carbonyl (C=O) groups excluding carboxylic acids is 2. The number of nitrogens with zero attached hydrogens (tertiary/aromatic N) is 1. The number of unbranched alkanes of at least 4 members (excludes halogenated alkanes) is 2. The minimum absolute atomic E-state index is 0.0660. The van der Waals surface area contributed by atoms with Gasteiger partial charge in [-0.05, 0) is 33.2 Å². The minimum Gasteiger partial charge on any atom is -0.466 e. The second-order valence-electron chi connectivity index (χ2n) is 5.27. The number of rotatable bonds is 9. The van der Waals surface area contributed by atoms with Crippen molar-refractivity contribution in [3.05, 3.63) is 0 Å². The maximum Gasteiger partial charge on any atom is 0.305 e. The summed E-state index contributed by atoms with van der Waals surface area (Å²) in [6, 6.07) is -0.0660. The molecule has 6 nitrogen and oxygen atoms in total. The van der Waals surface area contributed by atoms with Crippen molar-refractivity contribution in [1.82, 2.24) is 15.5 Å². The lowest BCUT2D eigenvalue weighted by molar-refractivity contribution is -0.143. The monoisotopic (exact) mass is 299 g/mol. The van der Waals surface area contributed by atoms with Gasteiger partial charge in [0.15, 0.2) is 0 Å². The minimum atomic E-state index is -0.111. The van der Waals surface area contributed by atoms with Crippen molar-refractivity contribution in [2.75, 3.05) is 39.3 Å². The predicted molar refractivity (Wildman–Crippen MR) is 82.0 cm³/mol. The summed E-state index contributed by atoms with van der Waals surface area (Å²) in [6.45, 7) is 8.34. The van der Waals surface area contributed by atoms with Crippen molar-refractivity contribution < 1.29 is 14.3 Å². The third-order valence-electron chi connectivity index (χ3n) is 3.64. The van der Waals surface area contributed by atoms with E-state index in [0.29, 0.717) is 26.1 Å². The van der Waals surface area contributed by atoms with Gasteiger partial charge in [0, 0.05) is 32.6 Å². The van der Waals surface area contributed by atoms with E-state index in [0.717, 1.165) is 38.9 Å². The number of nitrogens with one attached hydrogen (secondary N) is 2. The van der Waals surface area contributed by atoms with Crippen LogP contribution in [0.2, 0.25) is 0 Å². The quantitative estimate of drug-likeness (QED) is 0.480. The molecule has 0 aromatic carbocycles. The van der Waals surface area contributed by atoms with Crippen molar-refractivity contribution in [2.45, 2.75) is 45.6 Å². The molecule has 0 bridgehead atoms. The molecule has 1 heterocycles. The molecule has 1 rings (SSSR count). The number of ether oxygens (including phenoxy) is 1. The summed E-state index contributed by atoms with van der Waals surface area (Å²) in [5.41, 5.74) is 0. The average molecular weight is 299 g/mol. The molecule has 122 valence electrons. The van der Waals surface area contributed by atoms with Crippen LogP contribution >= 0.6 is 0 Å². The molecular weight excluding hydrogens is 270 g/mol. The first kappa shape index (κ1) is 17.9. The van der Waals surface area contributed by atoms with Gasteiger partial charge in [-0.2, -0.15) is 0 Å². The lowest BCUT2D eigenvalue weighted by Crippen LogP contribution is -2.57. The van der Waals surface area contributed by atoms with E-state index in [-0.39, 0.29) is 17.9 Å². The second-order valence-corrected chi connectivity index (χ2v) is 5.27. The molecule has 0 radical (unpaired) electrons. The summed E-state index contributed by atoms with van der Waals surface area (Å²) in [7, 11) is 0. The Morgan fingerprint density at radius 1 is 1.29 bits per heavy atom. The van der Waals surface area contributed by atoms with E-state index in [1.54, 1.807) is 0 Å². The van der Waals surface area contributed by atoms with Gasteiger partial charge in [-0.25, -0.2) is 0 Å². The molecule has 1 unspecified atom stereocenters. The number of esters is 1. The van der Waals surface area contributed by atoms with Gasteiger partial charge in [0.2, 0.25) is 5.91 Å². The fourth-order valence-corrected chi connectivity index (χ4v) is 2.56. The lowest BCUT2D eigenvalue weighted by Gasteiger charge is -2.35. The van der Waals surface area contributed by atoms with Crippen LogP contribution in [0.4, 0.5) is 0 Å². The third kappa shape index (κ3) is 6.91. The summed E-state index contributed by atoms with van der Waals surface area (Å²) >= 11 is 0. The molecule has 0 saturated carbocycles. The molecule has 0 aromatic rings. The van der Waals surface area contributed by atoms with Gasteiger partial charge in [-0.15, -0.1) is 0 Å². The Labute approximate surface area is 127 Å². The summed E-state index contributed by atoms with van der Waals surface area (Å²) in [6.07, 6.45) is 3.35. The Morgan fingerprint density at radius 2 is 2.10 bits per heavy atom. The Bertz CT molecular complexity index is 323. The molecule has 6 heteroatoms. The molecule has 0 aromatic heterocycles. The number of amides is 1. The van der Waals surface area contributed by atoms with Gasteiger partial charge in [0.25, 0.3) is 0 Å². The topological polar surface area (TPSA) is 70.7 Å². The molecule has 21 heavy (non-hydrogen) atoms. The van der Waals surface area contributed by atoms with Crippen molar-refractivity contribution in [3.63, 3.8) is 0 Å². The molecule has 1 amide bonds. The van der Waals surface area contributed by atoms with E-state index < -0.39 is 0 Å². The molecule has 1 aliphatic heterocycles. The number of hydrogen-bond acceptors (Lipinski definition) is 5. The van der Waals surface area contributed by atoms with Crippen molar-refractivity contribution >= 4 is 11.9 Å². The Morgan fingerprint density at radius 3 is 2.81 bits per heavy atom. The molecule has 1 saturated heterocycles. The van der Waals surface area contributed by atoms with E-state index in [9.17, 15) is 9.59 Å². The molecule has 1 fully saturated rings. The van der Waals surface area contributed by atoms with Gasteiger partial charge in [-0.3, -0.25) is 14.5 Å². The molecule has 0 spiro atoms. The Balaban J connectivity index is 2.22. The highest BCUT2D eigenvalue weighted by atomic mass is 16.5. The zero-order chi connectivity index (χ0) is 15.5. The molecule has 2 N–H and O–H groups in total. The highest BCUT2D eigenvalue weighted by Gasteiger charge is 2.27. The maximum atomic E-state index is 12.0. The van der Waals surface area contributed by atoms with Crippen molar-refractivity contribution in [2.24, 2.45) is 0 Å². The first-order valence-corrected chi connectivity index (χ1v) is 8.07. The fraction of sp³-hybridized carbons (Fsp3) is 0.867. The number of piperazine rings is 1. The van der Waals surface area contributed by atoms with Crippen LogP contribution < -0.4 is 10.6 Å². The molecule has 1 atom stereocenters. The maximum absolute atomic E-state index is 12.0. The van der Waals surface area contributed by atoms with E-state index >= 15 is 0 Å².